The fourth-order valence-corrected chi connectivity index (χ4v) is 1.31. The van der Waals surface area contributed by atoms with Crippen molar-refractivity contribution in [3.8, 4) is 0 Å². The fraction of sp³-hybridized carbons (Fsp3) is 0.700. The summed E-state index contributed by atoms with van der Waals surface area (Å²) in [6.45, 7) is 7.39. The van der Waals surface area contributed by atoms with Crippen molar-refractivity contribution >= 4 is 5.97 Å². The molecule has 1 aliphatic heterocycles. The lowest BCUT2D eigenvalue weighted by Gasteiger charge is -2.17. The number of aliphatic carboxylic acids is 1. The topological polar surface area (TPSA) is 55.8 Å². The molecule has 0 aliphatic carbocycles. The van der Waals surface area contributed by atoms with E-state index < -0.39 is 11.8 Å². The third-order valence-electron chi connectivity index (χ3n) is 2.40. The maximum absolute atomic E-state index is 10.7. The quantitative estimate of drug-likeness (QED) is 0.687. The van der Waals surface area contributed by atoms with E-state index in [2.05, 4.69) is 0 Å². The van der Waals surface area contributed by atoms with Gasteiger partial charge in [-0.05, 0) is 33.3 Å². The van der Waals surface area contributed by atoms with E-state index in [9.17, 15) is 4.79 Å². The summed E-state index contributed by atoms with van der Waals surface area (Å²) in [6.07, 6.45) is -0.235. The van der Waals surface area contributed by atoms with Gasteiger partial charge in [-0.2, -0.15) is 0 Å². The van der Waals surface area contributed by atoms with Gasteiger partial charge in [-0.25, -0.2) is 4.79 Å². The van der Waals surface area contributed by atoms with Crippen LogP contribution in [0.4, 0.5) is 0 Å². The maximum Gasteiger partial charge on any atom is 0.331 e. The molecular formula is C10H16O4. The number of rotatable bonds is 2. The van der Waals surface area contributed by atoms with Gasteiger partial charge in [0.1, 0.15) is 6.10 Å². The number of hydrogen-bond donors (Lipinski definition) is 1. The molecule has 0 aromatic heterocycles. The van der Waals surface area contributed by atoms with Crippen LogP contribution in [0.2, 0.25) is 0 Å². The Balaban J connectivity index is 2.78. The van der Waals surface area contributed by atoms with E-state index in [1.54, 1.807) is 13.8 Å². The number of ether oxygens (including phenoxy) is 2. The van der Waals surface area contributed by atoms with E-state index in [1.165, 1.54) is 0 Å². The molecule has 1 fully saturated rings. The molecule has 1 aliphatic rings. The zero-order valence-corrected chi connectivity index (χ0v) is 8.96. The Labute approximate surface area is 83.5 Å². The van der Waals surface area contributed by atoms with Gasteiger partial charge in [0, 0.05) is 5.57 Å². The molecule has 1 rings (SSSR count). The molecule has 0 aromatic rings. The lowest BCUT2D eigenvalue weighted by molar-refractivity contribution is -0.136. The monoisotopic (exact) mass is 200 g/mol. The molecule has 0 bridgehead atoms. The Bertz CT molecular complexity index is 278. The highest BCUT2D eigenvalue weighted by Crippen LogP contribution is 2.27. The van der Waals surface area contributed by atoms with Gasteiger partial charge < -0.3 is 14.6 Å². The first-order valence-electron chi connectivity index (χ1n) is 4.56. The molecule has 0 aromatic carbocycles. The summed E-state index contributed by atoms with van der Waals surface area (Å²) < 4.78 is 10.9. The van der Waals surface area contributed by atoms with Crippen LogP contribution < -0.4 is 0 Å². The molecule has 0 saturated carbocycles. The molecule has 1 heterocycles. The average Bonchev–Trinajstić information content (AvgIpc) is 2.43. The van der Waals surface area contributed by atoms with Gasteiger partial charge in [0.05, 0.1) is 6.61 Å². The largest absolute Gasteiger partial charge is 0.478 e. The van der Waals surface area contributed by atoms with Gasteiger partial charge >= 0.3 is 5.97 Å². The molecule has 1 unspecified atom stereocenters. The third-order valence-corrected chi connectivity index (χ3v) is 2.40. The number of carboxylic acids is 1. The first-order valence-corrected chi connectivity index (χ1v) is 4.56. The summed E-state index contributed by atoms with van der Waals surface area (Å²) in [5, 5.41) is 8.79. The molecule has 0 amide bonds. The zero-order valence-electron chi connectivity index (χ0n) is 8.96. The molecular weight excluding hydrogens is 184 g/mol. The predicted octanol–water partition coefficient (Wildman–Crippen LogP) is 1.56. The second-order valence-corrected chi connectivity index (χ2v) is 3.93. The molecule has 0 spiro atoms. The van der Waals surface area contributed by atoms with Gasteiger partial charge in [-0.1, -0.05) is 0 Å². The van der Waals surface area contributed by atoms with Crippen molar-refractivity contribution in [2.45, 2.75) is 39.6 Å². The van der Waals surface area contributed by atoms with E-state index in [0.717, 1.165) is 5.57 Å². The van der Waals surface area contributed by atoms with Crippen molar-refractivity contribution < 1.29 is 19.4 Å². The van der Waals surface area contributed by atoms with E-state index in [-0.39, 0.29) is 6.10 Å². The predicted molar refractivity (Wildman–Crippen MR) is 50.9 cm³/mol. The summed E-state index contributed by atoms with van der Waals surface area (Å²) in [4.78, 5) is 10.7. The smallest absolute Gasteiger partial charge is 0.331 e. The minimum Gasteiger partial charge on any atom is -0.478 e. The molecule has 80 valence electrons. The van der Waals surface area contributed by atoms with Crippen molar-refractivity contribution in [2.24, 2.45) is 0 Å². The Morgan fingerprint density at radius 3 is 2.36 bits per heavy atom. The van der Waals surface area contributed by atoms with Gasteiger partial charge in [0.15, 0.2) is 5.79 Å². The highest BCUT2D eigenvalue weighted by Gasteiger charge is 2.34. The van der Waals surface area contributed by atoms with Crippen LogP contribution in [0.5, 0.6) is 0 Å². The van der Waals surface area contributed by atoms with Crippen LogP contribution in [0.1, 0.15) is 27.7 Å². The number of hydrogen-bond acceptors (Lipinski definition) is 3. The van der Waals surface area contributed by atoms with Gasteiger partial charge in [-0.15, -0.1) is 0 Å². The Morgan fingerprint density at radius 2 is 2.00 bits per heavy atom. The van der Waals surface area contributed by atoms with Crippen molar-refractivity contribution in [3.63, 3.8) is 0 Å². The summed E-state index contributed by atoms with van der Waals surface area (Å²) in [7, 11) is 0. The number of carbonyl (C=O) groups is 1. The van der Waals surface area contributed by atoms with E-state index >= 15 is 0 Å². The minimum absolute atomic E-state index is 0.235. The fourth-order valence-electron chi connectivity index (χ4n) is 1.31. The molecule has 4 nitrogen and oxygen atoms in total. The van der Waals surface area contributed by atoms with E-state index in [4.69, 9.17) is 14.6 Å². The lowest BCUT2D eigenvalue weighted by atomic mass is 10.1. The van der Waals surface area contributed by atoms with Crippen LogP contribution in [0.25, 0.3) is 0 Å². The van der Waals surface area contributed by atoms with Crippen LogP contribution >= 0.6 is 0 Å². The molecule has 1 saturated heterocycles. The molecule has 1 N–H and O–H groups in total. The first kappa shape index (κ1) is 11.2. The molecule has 4 heteroatoms. The van der Waals surface area contributed by atoms with Crippen molar-refractivity contribution in [2.75, 3.05) is 6.61 Å². The van der Waals surface area contributed by atoms with Gasteiger partial charge in [-0.3, -0.25) is 0 Å². The average molecular weight is 200 g/mol. The Hall–Kier alpha value is -0.870. The SMILES string of the molecule is C/C(C(=O)O)=C(/C)C1COC(C)(C)O1. The standard InChI is InChI=1S/C10H16O4/c1-6(7(2)9(11)12)8-5-13-10(3,4)14-8/h8H,5H2,1-4H3,(H,11,12)/b7-6+. The summed E-state index contributed by atoms with van der Waals surface area (Å²) in [6, 6.07) is 0. The van der Waals surface area contributed by atoms with Gasteiger partial charge in [0.25, 0.3) is 0 Å². The summed E-state index contributed by atoms with van der Waals surface area (Å²) in [5.41, 5.74) is 1.05. The molecule has 14 heavy (non-hydrogen) atoms. The van der Waals surface area contributed by atoms with Crippen LogP contribution in [0, 0.1) is 0 Å². The molecule has 1 atom stereocenters. The van der Waals surface area contributed by atoms with Crippen LogP contribution in [0.3, 0.4) is 0 Å². The third kappa shape index (κ3) is 2.33. The Kier molecular flexibility index (Phi) is 2.97. The maximum atomic E-state index is 10.7. The second kappa shape index (κ2) is 3.71. The minimum atomic E-state index is -0.907. The Morgan fingerprint density at radius 1 is 1.43 bits per heavy atom. The summed E-state index contributed by atoms with van der Waals surface area (Å²) >= 11 is 0. The van der Waals surface area contributed by atoms with E-state index in [0.29, 0.717) is 12.2 Å². The van der Waals surface area contributed by atoms with Crippen molar-refractivity contribution in [3.05, 3.63) is 11.1 Å². The first-order chi connectivity index (χ1) is 6.33. The lowest BCUT2D eigenvalue weighted by Crippen LogP contribution is -2.22. The summed E-state index contributed by atoms with van der Waals surface area (Å²) in [5.74, 6) is -1.51. The van der Waals surface area contributed by atoms with Crippen LogP contribution in [0.15, 0.2) is 11.1 Å². The van der Waals surface area contributed by atoms with Crippen LogP contribution in [-0.4, -0.2) is 29.6 Å². The second-order valence-electron chi connectivity index (χ2n) is 3.93. The highest BCUT2D eigenvalue weighted by atomic mass is 16.7. The number of carboxylic acid groups (broad SMARTS) is 1. The molecule has 0 radical (unpaired) electrons. The highest BCUT2D eigenvalue weighted by molar-refractivity contribution is 5.86. The normalized spacial score (nSPS) is 27.3. The van der Waals surface area contributed by atoms with Crippen molar-refractivity contribution in [1.29, 1.82) is 0 Å². The van der Waals surface area contributed by atoms with E-state index in [1.807, 2.05) is 13.8 Å². The zero-order chi connectivity index (χ0) is 10.9. The van der Waals surface area contributed by atoms with Crippen molar-refractivity contribution in [1.82, 2.24) is 0 Å². The van der Waals surface area contributed by atoms with Gasteiger partial charge in [0.2, 0.25) is 0 Å². The van der Waals surface area contributed by atoms with Crippen LogP contribution in [-0.2, 0) is 14.3 Å².